The lowest BCUT2D eigenvalue weighted by Crippen LogP contribution is -2.85. The van der Waals surface area contributed by atoms with Crippen molar-refractivity contribution < 1.29 is 32.5 Å². The van der Waals surface area contributed by atoms with Crippen molar-refractivity contribution in [2.75, 3.05) is 38.7 Å². The van der Waals surface area contributed by atoms with Gasteiger partial charge in [-0.3, -0.25) is 0 Å². The van der Waals surface area contributed by atoms with E-state index in [1.165, 1.54) is 38.5 Å². The third-order valence-electron chi connectivity index (χ3n) is 5.42. The van der Waals surface area contributed by atoms with Gasteiger partial charge in [0, 0.05) is 12.2 Å². The van der Waals surface area contributed by atoms with Gasteiger partial charge in [0.1, 0.15) is 0 Å². The van der Waals surface area contributed by atoms with Crippen molar-refractivity contribution in [2.24, 2.45) is 0 Å². The molecule has 7 nitrogen and oxygen atoms in total. The van der Waals surface area contributed by atoms with E-state index in [9.17, 15) is 13.0 Å². The summed E-state index contributed by atoms with van der Waals surface area (Å²) in [6.07, 6.45) is 14.4. The number of quaternary nitrogens is 1. The van der Waals surface area contributed by atoms with Crippen molar-refractivity contribution in [3.8, 4) is 0 Å². The molecule has 0 unspecified atom stereocenters. The third kappa shape index (κ3) is 20.4. The molecular weight excluding hydrogens is 430 g/mol. The van der Waals surface area contributed by atoms with Crippen molar-refractivity contribution in [3.05, 3.63) is 0 Å². The molecule has 0 aliphatic carbocycles. The molecule has 0 saturated heterocycles. The van der Waals surface area contributed by atoms with E-state index in [1.807, 2.05) is 5.32 Å². The highest BCUT2D eigenvalue weighted by molar-refractivity contribution is 7.85. The Morgan fingerprint density at radius 2 is 1.09 bits per heavy atom. The van der Waals surface area contributed by atoms with Gasteiger partial charge in [-0.2, -0.15) is 0 Å². The van der Waals surface area contributed by atoms with Gasteiger partial charge in [-0.05, 0) is 19.3 Å². The zero-order valence-electron chi connectivity index (χ0n) is 21.1. The first kappa shape index (κ1) is 31.8. The molecule has 0 spiro atoms. The average Bonchev–Trinajstić information content (AvgIpc) is 2.75. The molecule has 0 aromatic heterocycles. The smallest absolute Gasteiger partial charge is 0.288 e. The Morgan fingerprint density at radius 3 is 1.47 bits per heavy atom. The summed E-state index contributed by atoms with van der Waals surface area (Å²) in [4.78, 5) is 0. The van der Waals surface area contributed by atoms with E-state index in [1.54, 1.807) is 0 Å². The van der Waals surface area contributed by atoms with Crippen LogP contribution in [0.3, 0.4) is 0 Å². The molecule has 0 aliphatic heterocycles. The van der Waals surface area contributed by atoms with Crippen LogP contribution in [0.25, 0.3) is 0 Å². The van der Waals surface area contributed by atoms with Gasteiger partial charge in [0.25, 0.3) is 5.97 Å². The maximum Gasteiger partial charge on any atom is 0.288 e. The minimum absolute atomic E-state index is 0.315. The predicted octanol–water partition coefficient (Wildman–Crippen LogP) is 4.32. The van der Waals surface area contributed by atoms with E-state index in [0.717, 1.165) is 38.5 Å². The molecule has 0 heterocycles. The monoisotopic (exact) mass is 481 g/mol. The molecule has 0 bridgehead atoms. The first-order valence-electron chi connectivity index (χ1n) is 13.1. The van der Waals surface area contributed by atoms with Gasteiger partial charge in [-0.25, -0.2) is 8.42 Å². The summed E-state index contributed by atoms with van der Waals surface area (Å²) in [6.45, 7) is 9.68. The van der Waals surface area contributed by atoms with Crippen LogP contribution in [0, 0.1) is 0 Å². The second-order valence-electron chi connectivity index (χ2n) is 8.64. The van der Waals surface area contributed by atoms with Crippen LogP contribution >= 0.6 is 0 Å². The van der Waals surface area contributed by atoms with Gasteiger partial charge in [0.05, 0.1) is 49.4 Å². The summed E-state index contributed by atoms with van der Waals surface area (Å²) >= 11 is 0. The van der Waals surface area contributed by atoms with Crippen molar-refractivity contribution >= 4 is 10.1 Å². The molecule has 0 fully saturated rings. The Hall–Kier alpha value is -0.250. The van der Waals surface area contributed by atoms with Gasteiger partial charge in [0.2, 0.25) is 0 Å². The van der Waals surface area contributed by atoms with Gasteiger partial charge >= 0.3 is 0 Å². The van der Waals surface area contributed by atoms with Crippen molar-refractivity contribution in [2.45, 2.75) is 117 Å². The molecule has 8 heteroatoms. The van der Waals surface area contributed by atoms with Crippen LogP contribution in [0.1, 0.15) is 111 Å². The molecule has 0 aliphatic rings. The van der Waals surface area contributed by atoms with Crippen LogP contribution in [0.2, 0.25) is 0 Å². The third-order valence-corrected chi connectivity index (χ3v) is 6.21. The van der Waals surface area contributed by atoms with Crippen LogP contribution in [0.5, 0.6) is 0 Å². The van der Waals surface area contributed by atoms with Crippen LogP contribution in [0.15, 0.2) is 0 Å². The average molecular weight is 482 g/mol. The minimum atomic E-state index is -4.14. The first-order valence-corrected chi connectivity index (χ1v) is 14.6. The Labute approximate surface area is 198 Å². The van der Waals surface area contributed by atoms with Crippen molar-refractivity contribution in [3.63, 3.8) is 0 Å². The van der Waals surface area contributed by atoms with Gasteiger partial charge < -0.3 is 24.1 Å². The van der Waals surface area contributed by atoms with Crippen molar-refractivity contribution in [1.82, 2.24) is 0 Å². The van der Waals surface area contributed by atoms with Crippen LogP contribution in [-0.4, -0.2) is 57.6 Å². The molecule has 0 rings (SSSR count). The highest BCUT2D eigenvalue weighted by atomic mass is 32.2. The number of hydrogen-bond acceptors (Lipinski definition) is 6. The lowest BCUT2D eigenvalue weighted by molar-refractivity contribution is -0.660. The number of ether oxygens (including phenoxy) is 3. The number of nitrogens with two attached hydrogens (primary N) is 1. The summed E-state index contributed by atoms with van der Waals surface area (Å²) in [5, 5.41) is 2.02. The fourth-order valence-electron chi connectivity index (χ4n) is 3.44. The summed E-state index contributed by atoms with van der Waals surface area (Å²) in [5.74, 6) is -1.35. The predicted molar refractivity (Wildman–Crippen MR) is 128 cm³/mol. The van der Waals surface area contributed by atoms with Crippen LogP contribution in [0.4, 0.5) is 0 Å². The zero-order valence-corrected chi connectivity index (χ0v) is 21.9. The van der Waals surface area contributed by atoms with Crippen LogP contribution in [-0.2, 0) is 24.3 Å². The molecule has 0 radical (unpaired) electrons. The van der Waals surface area contributed by atoms with E-state index in [2.05, 4.69) is 20.8 Å². The molecule has 194 valence electrons. The minimum Gasteiger partial charge on any atom is -0.748 e. The maximum absolute atomic E-state index is 10.8. The van der Waals surface area contributed by atoms with E-state index < -0.39 is 16.1 Å². The van der Waals surface area contributed by atoms with Gasteiger partial charge in [0.15, 0.2) is 0 Å². The largest absolute Gasteiger partial charge is 0.748 e. The van der Waals surface area contributed by atoms with Crippen molar-refractivity contribution in [1.29, 1.82) is 0 Å². The van der Waals surface area contributed by atoms with E-state index in [4.69, 9.17) is 14.2 Å². The number of rotatable bonds is 25. The molecule has 0 amide bonds. The number of unbranched alkanes of at least 4 members (excludes halogenated alkanes) is 9. The zero-order chi connectivity index (χ0) is 24.0. The molecule has 32 heavy (non-hydrogen) atoms. The Morgan fingerprint density at radius 1 is 0.656 bits per heavy atom. The maximum atomic E-state index is 10.8. The summed E-state index contributed by atoms with van der Waals surface area (Å²) < 4.78 is 51.0. The normalized spacial score (nSPS) is 12.5. The Bertz CT molecular complexity index is 465. The highest BCUT2D eigenvalue weighted by Crippen LogP contribution is 2.22. The Balaban J connectivity index is 4.79. The molecule has 2 N–H and O–H groups in total. The lowest BCUT2D eigenvalue weighted by atomic mass is 10.2. The SMILES string of the molecule is CCCCCCOC(CC[NH2+]CCCS(=O)(=O)[O-])(OCCCCCC)OCCCCCC. The fourth-order valence-corrected chi connectivity index (χ4v) is 3.96. The molecular formula is C24H51NO6S. The van der Waals surface area contributed by atoms with E-state index >= 15 is 0 Å². The fraction of sp³-hybridized carbons (Fsp3) is 1.00. The molecule has 0 aromatic carbocycles. The second-order valence-corrected chi connectivity index (χ2v) is 10.2. The van der Waals surface area contributed by atoms with E-state index in [0.29, 0.717) is 45.8 Å². The lowest BCUT2D eigenvalue weighted by Gasteiger charge is -2.33. The first-order chi connectivity index (χ1) is 15.4. The standard InChI is InChI=1S/C24H51NO6S/c1-4-7-10-13-20-29-24(30-21-14-11-8-5-2,31-22-15-12-9-6-3)17-19-25-18-16-23-32(26,27)28/h25H,4-23H2,1-3H3,(H,26,27,28). The number of hydrogen-bond donors (Lipinski definition) is 1. The topological polar surface area (TPSA) is 102 Å². The second kappa shape index (κ2) is 21.3. The highest BCUT2D eigenvalue weighted by Gasteiger charge is 2.34. The quantitative estimate of drug-likeness (QED) is 0.118. The van der Waals surface area contributed by atoms with E-state index in [-0.39, 0.29) is 5.75 Å². The summed E-state index contributed by atoms with van der Waals surface area (Å²) in [5.41, 5.74) is 0. The molecule has 0 atom stereocenters. The Kier molecular flexibility index (Phi) is 21.1. The molecule has 0 aromatic rings. The van der Waals surface area contributed by atoms with Gasteiger partial charge in [-0.1, -0.05) is 78.6 Å². The summed E-state index contributed by atoms with van der Waals surface area (Å²) in [7, 11) is -4.14. The van der Waals surface area contributed by atoms with Crippen LogP contribution < -0.4 is 5.32 Å². The summed E-state index contributed by atoms with van der Waals surface area (Å²) in [6, 6.07) is 0. The van der Waals surface area contributed by atoms with Gasteiger partial charge in [-0.15, -0.1) is 0 Å². The molecule has 0 saturated carbocycles.